The van der Waals surface area contributed by atoms with E-state index >= 15 is 0 Å². The molecule has 0 saturated heterocycles. The SMILES string of the molecule is CC.NNC(=O)c1cnc(NC2(c3ccsc3)CCC2)nc1. The summed E-state index contributed by atoms with van der Waals surface area (Å²) in [6.07, 6.45) is 6.27. The number of hydrogen-bond donors (Lipinski definition) is 3. The molecule has 2 heterocycles. The molecule has 0 aromatic carbocycles. The van der Waals surface area contributed by atoms with Crippen molar-refractivity contribution in [2.24, 2.45) is 5.84 Å². The number of hydrogen-bond acceptors (Lipinski definition) is 6. The van der Waals surface area contributed by atoms with Crippen LogP contribution in [0.2, 0.25) is 0 Å². The summed E-state index contributed by atoms with van der Waals surface area (Å²) >= 11 is 1.69. The third kappa shape index (κ3) is 3.26. The molecule has 0 spiro atoms. The molecule has 1 aliphatic carbocycles. The lowest BCUT2D eigenvalue weighted by Crippen LogP contribution is -2.42. The van der Waals surface area contributed by atoms with Gasteiger partial charge in [0.25, 0.3) is 5.91 Å². The van der Waals surface area contributed by atoms with Gasteiger partial charge in [-0.3, -0.25) is 10.2 Å². The molecule has 1 amide bonds. The van der Waals surface area contributed by atoms with Gasteiger partial charge in [0.1, 0.15) is 0 Å². The van der Waals surface area contributed by atoms with E-state index in [1.54, 1.807) is 11.3 Å². The number of anilines is 1. The molecule has 1 fully saturated rings. The van der Waals surface area contributed by atoms with Gasteiger partial charge in [-0.2, -0.15) is 11.3 Å². The van der Waals surface area contributed by atoms with E-state index in [1.165, 1.54) is 24.4 Å². The minimum atomic E-state index is -0.396. The Labute approximate surface area is 134 Å². The summed E-state index contributed by atoms with van der Waals surface area (Å²) in [6, 6.07) is 2.13. The van der Waals surface area contributed by atoms with Gasteiger partial charge in [0.15, 0.2) is 0 Å². The van der Waals surface area contributed by atoms with Crippen molar-refractivity contribution in [3.63, 3.8) is 0 Å². The molecule has 2 aromatic rings. The van der Waals surface area contributed by atoms with Crippen LogP contribution in [0.5, 0.6) is 0 Å². The number of carbonyl (C=O) groups excluding carboxylic acids is 1. The van der Waals surface area contributed by atoms with E-state index in [2.05, 4.69) is 37.5 Å². The third-order valence-electron chi connectivity index (χ3n) is 3.68. The van der Waals surface area contributed by atoms with Gasteiger partial charge in [-0.25, -0.2) is 15.8 Å². The Morgan fingerprint density at radius 3 is 2.45 bits per heavy atom. The van der Waals surface area contributed by atoms with Crippen molar-refractivity contribution in [3.8, 4) is 0 Å². The van der Waals surface area contributed by atoms with E-state index in [0.717, 1.165) is 12.8 Å². The molecular weight excluding hydrogens is 298 g/mol. The second kappa shape index (κ2) is 7.33. The molecule has 0 bridgehead atoms. The fraction of sp³-hybridized carbons (Fsp3) is 0.400. The molecule has 1 saturated carbocycles. The lowest BCUT2D eigenvalue weighted by molar-refractivity contribution is 0.0953. The van der Waals surface area contributed by atoms with Gasteiger partial charge in [0.05, 0.1) is 11.1 Å². The highest BCUT2D eigenvalue weighted by atomic mass is 32.1. The Morgan fingerprint density at radius 2 is 2.00 bits per heavy atom. The minimum Gasteiger partial charge on any atom is -0.345 e. The standard InChI is InChI=1S/C13H15N5OS.C2H6/c14-18-11(19)9-6-15-12(16-7-9)17-13(3-1-4-13)10-2-5-20-8-10;1-2/h2,5-8H,1,3-4,14H2,(H,18,19)(H,15,16,17);1-2H3. The summed E-state index contributed by atoms with van der Waals surface area (Å²) < 4.78 is 0. The van der Waals surface area contributed by atoms with Crippen LogP contribution in [0.15, 0.2) is 29.2 Å². The van der Waals surface area contributed by atoms with Gasteiger partial charge in [0, 0.05) is 12.4 Å². The first kappa shape index (κ1) is 16.4. The predicted octanol–water partition coefficient (Wildman–Crippen LogP) is 2.66. The number of hydrazine groups is 1. The molecule has 22 heavy (non-hydrogen) atoms. The van der Waals surface area contributed by atoms with Crippen LogP contribution in [0, 0.1) is 0 Å². The number of amides is 1. The molecule has 6 nitrogen and oxygen atoms in total. The van der Waals surface area contributed by atoms with Gasteiger partial charge in [-0.15, -0.1) is 0 Å². The predicted molar refractivity (Wildman–Crippen MR) is 88.5 cm³/mol. The first-order chi connectivity index (χ1) is 10.7. The first-order valence-corrected chi connectivity index (χ1v) is 8.32. The summed E-state index contributed by atoms with van der Waals surface area (Å²) in [4.78, 5) is 19.7. The van der Waals surface area contributed by atoms with Gasteiger partial charge < -0.3 is 5.32 Å². The Kier molecular flexibility index (Phi) is 5.46. The van der Waals surface area contributed by atoms with Gasteiger partial charge in [-0.05, 0) is 41.7 Å². The van der Waals surface area contributed by atoms with Crippen molar-refractivity contribution in [2.75, 3.05) is 5.32 Å². The van der Waals surface area contributed by atoms with Crippen molar-refractivity contribution in [3.05, 3.63) is 40.3 Å². The summed E-state index contributed by atoms with van der Waals surface area (Å²) in [5.74, 6) is 5.21. The Morgan fingerprint density at radius 1 is 1.32 bits per heavy atom. The molecule has 0 aliphatic heterocycles. The number of rotatable bonds is 4. The zero-order valence-corrected chi connectivity index (χ0v) is 13.6. The molecule has 1 aliphatic rings. The Balaban J connectivity index is 0.000000847. The third-order valence-corrected chi connectivity index (χ3v) is 4.36. The van der Waals surface area contributed by atoms with Crippen LogP contribution in [0.25, 0.3) is 0 Å². The zero-order valence-electron chi connectivity index (χ0n) is 12.8. The highest BCUT2D eigenvalue weighted by molar-refractivity contribution is 7.08. The van der Waals surface area contributed by atoms with E-state index in [-0.39, 0.29) is 5.54 Å². The monoisotopic (exact) mass is 319 g/mol. The zero-order chi connectivity index (χ0) is 16.0. The van der Waals surface area contributed by atoms with Crippen molar-refractivity contribution in [1.29, 1.82) is 0 Å². The maximum atomic E-state index is 11.3. The van der Waals surface area contributed by atoms with Crippen LogP contribution in [-0.2, 0) is 5.54 Å². The number of thiophene rings is 1. The molecular formula is C15H21N5OS. The fourth-order valence-electron chi connectivity index (χ4n) is 2.36. The molecule has 3 rings (SSSR count). The lowest BCUT2D eigenvalue weighted by Gasteiger charge is -2.42. The van der Waals surface area contributed by atoms with Crippen LogP contribution >= 0.6 is 11.3 Å². The number of nitrogen functional groups attached to an aromatic ring is 1. The topological polar surface area (TPSA) is 92.9 Å². The number of carbonyl (C=O) groups is 1. The van der Waals surface area contributed by atoms with E-state index in [9.17, 15) is 4.79 Å². The average molecular weight is 319 g/mol. The summed E-state index contributed by atoms with van der Waals surface area (Å²) in [5, 5.41) is 7.63. The molecule has 0 atom stereocenters. The average Bonchev–Trinajstić information content (AvgIpc) is 3.07. The molecule has 7 heteroatoms. The molecule has 2 aromatic heterocycles. The largest absolute Gasteiger partial charge is 0.345 e. The normalized spacial score (nSPS) is 15.0. The molecule has 4 N–H and O–H groups in total. The minimum absolute atomic E-state index is 0.0579. The van der Waals surface area contributed by atoms with E-state index in [4.69, 9.17) is 5.84 Å². The van der Waals surface area contributed by atoms with Gasteiger partial charge >= 0.3 is 0 Å². The maximum absolute atomic E-state index is 11.3. The molecule has 118 valence electrons. The Bertz CT molecular complexity index is 593. The van der Waals surface area contributed by atoms with E-state index in [1.807, 2.05) is 13.8 Å². The number of nitrogens with two attached hydrogens (primary N) is 1. The van der Waals surface area contributed by atoms with Crippen molar-refractivity contribution in [2.45, 2.75) is 38.6 Å². The summed E-state index contributed by atoms with van der Waals surface area (Å²) in [6.45, 7) is 4.00. The molecule has 0 radical (unpaired) electrons. The first-order valence-electron chi connectivity index (χ1n) is 7.37. The van der Waals surface area contributed by atoms with Crippen molar-refractivity contribution < 1.29 is 4.79 Å². The van der Waals surface area contributed by atoms with Gasteiger partial charge in [0.2, 0.25) is 5.95 Å². The number of nitrogens with one attached hydrogen (secondary N) is 2. The quantitative estimate of drug-likeness (QED) is 0.458. The molecule has 0 unspecified atom stereocenters. The highest BCUT2D eigenvalue weighted by Gasteiger charge is 2.39. The second-order valence-electron chi connectivity index (χ2n) is 4.84. The highest BCUT2D eigenvalue weighted by Crippen LogP contribution is 2.44. The Hall–Kier alpha value is -1.99. The maximum Gasteiger partial charge on any atom is 0.268 e. The van der Waals surface area contributed by atoms with Crippen molar-refractivity contribution >= 4 is 23.2 Å². The van der Waals surface area contributed by atoms with E-state index < -0.39 is 5.91 Å². The summed E-state index contributed by atoms with van der Waals surface area (Å²) in [7, 11) is 0. The van der Waals surface area contributed by atoms with Crippen LogP contribution in [0.3, 0.4) is 0 Å². The van der Waals surface area contributed by atoms with Crippen molar-refractivity contribution in [1.82, 2.24) is 15.4 Å². The lowest BCUT2D eigenvalue weighted by atomic mass is 9.73. The van der Waals surface area contributed by atoms with E-state index in [0.29, 0.717) is 11.5 Å². The number of nitrogens with zero attached hydrogens (tertiary/aromatic N) is 2. The smallest absolute Gasteiger partial charge is 0.268 e. The van der Waals surface area contributed by atoms with Crippen LogP contribution in [-0.4, -0.2) is 15.9 Å². The van der Waals surface area contributed by atoms with Crippen LogP contribution in [0.1, 0.15) is 49.0 Å². The van der Waals surface area contributed by atoms with Gasteiger partial charge in [-0.1, -0.05) is 13.8 Å². The summed E-state index contributed by atoms with van der Waals surface area (Å²) in [5.41, 5.74) is 3.62. The fourth-order valence-corrected chi connectivity index (χ4v) is 3.11. The second-order valence-corrected chi connectivity index (χ2v) is 5.62. The van der Waals surface area contributed by atoms with Crippen LogP contribution in [0.4, 0.5) is 5.95 Å². The number of aromatic nitrogens is 2. The van der Waals surface area contributed by atoms with Crippen LogP contribution < -0.4 is 16.6 Å².